The Hall–Kier alpha value is -2.53. The summed E-state index contributed by atoms with van der Waals surface area (Å²) in [5, 5.41) is 7.67. The van der Waals surface area contributed by atoms with Crippen LogP contribution >= 0.6 is 11.3 Å². The molecule has 2 aromatic rings. The van der Waals surface area contributed by atoms with Crippen molar-refractivity contribution in [2.45, 2.75) is 13.8 Å². The zero-order valence-electron chi connectivity index (χ0n) is 12.2. The van der Waals surface area contributed by atoms with E-state index in [0.717, 1.165) is 4.88 Å². The third kappa shape index (κ3) is 2.63. The molecule has 1 aromatic carbocycles. The van der Waals surface area contributed by atoms with Gasteiger partial charge in [-0.3, -0.25) is 9.59 Å². The van der Waals surface area contributed by atoms with E-state index in [1.54, 1.807) is 35.6 Å². The fraction of sp³-hybridized carbons (Fsp3) is 0.118. The van der Waals surface area contributed by atoms with E-state index in [-0.39, 0.29) is 11.7 Å². The van der Waals surface area contributed by atoms with Crippen LogP contribution in [0.5, 0.6) is 0 Å². The summed E-state index contributed by atoms with van der Waals surface area (Å²) in [6.07, 6.45) is 1.86. The van der Waals surface area contributed by atoms with Crippen molar-refractivity contribution in [3.63, 3.8) is 0 Å². The van der Waals surface area contributed by atoms with E-state index in [0.29, 0.717) is 22.5 Å². The summed E-state index contributed by atoms with van der Waals surface area (Å²) in [6, 6.07) is 10.8. The number of carbonyl (C=O) groups excluding carboxylic acids is 2. The number of amides is 1. The monoisotopic (exact) mass is 310 g/mol. The SMILES string of the molecule is CC(=O)c1ccc(N2N=C(C)/C(=C/c3cccs3)C2=O)cc1. The fourth-order valence-corrected chi connectivity index (χ4v) is 2.87. The normalized spacial score (nSPS) is 16.3. The summed E-state index contributed by atoms with van der Waals surface area (Å²) in [7, 11) is 0. The number of benzene rings is 1. The molecule has 0 aliphatic carbocycles. The third-order valence-corrected chi connectivity index (χ3v) is 4.23. The Bertz CT molecular complexity index is 787. The highest BCUT2D eigenvalue weighted by molar-refractivity contribution is 7.10. The van der Waals surface area contributed by atoms with Crippen molar-refractivity contribution in [3.05, 3.63) is 57.8 Å². The van der Waals surface area contributed by atoms with Crippen LogP contribution in [-0.2, 0) is 4.79 Å². The smallest absolute Gasteiger partial charge is 0.280 e. The predicted octanol–water partition coefficient (Wildman–Crippen LogP) is 3.76. The van der Waals surface area contributed by atoms with Gasteiger partial charge in [-0.2, -0.15) is 10.1 Å². The van der Waals surface area contributed by atoms with Gasteiger partial charge in [0.15, 0.2) is 5.78 Å². The standard InChI is InChI=1S/C17H14N2O2S/c1-11-16(10-15-4-3-9-22-15)17(21)19(18-11)14-7-5-13(6-8-14)12(2)20/h3-10H,1-2H3/b16-10-. The lowest BCUT2D eigenvalue weighted by molar-refractivity contribution is -0.114. The molecule has 1 aliphatic rings. The van der Waals surface area contributed by atoms with E-state index >= 15 is 0 Å². The summed E-state index contributed by atoms with van der Waals surface area (Å²) in [5.74, 6) is -0.154. The molecule has 1 aromatic heterocycles. The Balaban J connectivity index is 1.91. The van der Waals surface area contributed by atoms with Crippen LogP contribution in [0.1, 0.15) is 29.1 Å². The Morgan fingerprint density at radius 2 is 1.95 bits per heavy atom. The van der Waals surface area contributed by atoms with Crippen LogP contribution in [0, 0.1) is 0 Å². The number of nitrogens with zero attached hydrogens (tertiary/aromatic N) is 2. The molecule has 110 valence electrons. The summed E-state index contributed by atoms with van der Waals surface area (Å²) in [4.78, 5) is 24.9. The quantitative estimate of drug-likeness (QED) is 0.640. The maximum atomic E-state index is 12.5. The van der Waals surface area contributed by atoms with Crippen LogP contribution in [0.4, 0.5) is 5.69 Å². The van der Waals surface area contributed by atoms with Crippen molar-refractivity contribution in [1.82, 2.24) is 0 Å². The molecule has 1 aliphatic heterocycles. The van der Waals surface area contributed by atoms with Gasteiger partial charge in [0.2, 0.25) is 0 Å². The van der Waals surface area contributed by atoms with E-state index in [9.17, 15) is 9.59 Å². The van der Waals surface area contributed by atoms with Gasteiger partial charge < -0.3 is 0 Å². The number of thiophene rings is 1. The topological polar surface area (TPSA) is 49.7 Å². The van der Waals surface area contributed by atoms with Gasteiger partial charge in [-0.15, -0.1) is 11.3 Å². The summed E-state index contributed by atoms with van der Waals surface area (Å²) in [5.41, 5.74) is 2.56. The lowest BCUT2D eigenvalue weighted by atomic mass is 10.1. The number of carbonyl (C=O) groups is 2. The predicted molar refractivity (Wildman–Crippen MR) is 89.3 cm³/mol. The molecule has 0 bridgehead atoms. The highest BCUT2D eigenvalue weighted by Gasteiger charge is 2.28. The molecule has 0 unspecified atom stereocenters. The van der Waals surface area contributed by atoms with Gasteiger partial charge in [-0.05, 0) is 55.6 Å². The molecular weight excluding hydrogens is 296 g/mol. The van der Waals surface area contributed by atoms with Gasteiger partial charge in [0.05, 0.1) is 17.0 Å². The number of Topliss-reactive ketones (excluding diaryl/α,β-unsaturated/α-hetero) is 1. The van der Waals surface area contributed by atoms with E-state index < -0.39 is 0 Å². The Morgan fingerprint density at radius 3 is 2.55 bits per heavy atom. The summed E-state index contributed by atoms with van der Waals surface area (Å²) >= 11 is 1.58. The molecular formula is C17H14N2O2S. The van der Waals surface area contributed by atoms with Crippen molar-refractivity contribution in [2.24, 2.45) is 5.10 Å². The average Bonchev–Trinajstić information content (AvgIpc) is 3.11. The molecule has 5 heteroatoms. The number of hydrogen-bond donors (Lipinski definition) is 0. The first-order chi connectivity index (χ1) is 10.6. The molecule has 0 radical (unpaired) electrons. The van der Waals surface area contributed by atoms with Crippen LogP contribution in [0.3, 0.4) is 0 Å². The number of rotatable bonds is 3. The molecule has 4 nitrogen and oxygen atoms in total. The minimum atomic E-state index is -0.151. The van der Waals surface area contributed by atoms with Crippen molar-refractivity contribution < 1.29 is 9.59 Å². The number of anilines is 1. The Morgan fingerprint density at radius 1 is 1.23 bits per heavy atom. The van der Waals surface area contributed by atoms with Gasteiger partial charge >= 0.3 is 0 Å². The maximum absolute atomic E-state index is 12.5. The molecule has 3 rings (SSSR count). The highest BCUT2D eigenvalue weighted by atomic mass is 32.1. The number of hydrazone groups is 1. The highest BCUT2D eigenvalue weighted by Crippen LogP contribution is 2.26. The molecule has 0 saturated carbocycles. The summed E-state index contributed by atoms with van der Waals surface area (Å²) in [6.45, 7) is 3.33. The summed E-state index contributed by atoms with van der Waals surface area (Å²) < 4.78 is 0. The van der Waals surface area contributed by atoms with Crippen molar-refractivity contribution >= 4 is 40.5 Å². The largest absolute Gasteiger partial charge is 0.295 e. The van der Waals surface area contributed by atoms with Crippen molar-refractivity contribution in [3.8, 4) is 0 Å². The van der Waals surface area contributed by atoms with Crippen LogP contribution in [0.2, 0.25) is 0 Å². The maximum Gasteiger partial charge on any atom is 0.280 e. The molecule has 1 amide bonds. The molecule has 0 fully saturated rings. The molecule has 0 atom stereocenters. The molecule has 0 N–H and O–H groups in total. The second-order valence-electron chi connectivity index (χ2n) is 4.98. The minimum Gasteiger partial charge on any atom is -0.295 e. The Kier molecular flexibility index (Phi) is 3.73. The van der Waals surface area contributed by atoms with E-state index in [2.05, 4.69) is 5.10 Å². The first-order valence-electron chi connectivity index (χ1n) is 6.82. The number of ketones is 1. The Labute approximate surface area is 132 Å². The minimum absolute atomic E-state index is 0.00254. The number of hydrogen-bond acceptors (Lipinski definition) is 4. The second-order valence-corrected chi connectivity index (χ2v) is 5.96. The van der Waals surface area contributed by atoms with Gasteiger partial charge in [0, 0.05) is 10.4 Å². The van der Waals surface area contributed by atoms with Crippen molar-refractivity contribution in [1.29, 1.82) is 0 Å². The molecule has 0 spiro atoms. The second kappa shape index (κ2) is 5.69. The van der Waals surface area contributed by atoms with E-state index in [1.807, 2.05) is 30.5 Å². The van der Waals surface area contributed by atoms with Crippen LogP contribution < -0.4 is 5.01 Å². The van der Waals surface area contributed by atoms with Gasteiger partial charge in [0.1, 0.15) is 0 Å². The van der Waals surface area contributed by atoms with E-state index in [4.69, 9.17) is 0 Å². The van der Waals surface area contributed by atoms with E-state index in [1.165, 1.54) is 11.9 Å². The van der Waals surface area contributed by atoms with Gasteiger partial charge in [-0.25, -0.2) is 0 Å². The van der Waals surface area contributed by atoms with Crippen LogP contribution in [0.25, 0.3) is 6.08 Å². The lowest BCUT2D eigenvalue weighted by Crippen LogP contribution is -2.21. The molecule has 2 heterocycles. The van der Waals surface area contributed by atoms with Crippen LogP contribution in [0.15, 0.2) is 52.5 Å². The molecule has 22 heavy (non-hydrogen) atoms. The first kappa shape index (κ1) is 14.4. The van der Waals surface area contributed by atoms with Crippen molar-refractivity contribution in [2.75, 3.05) is 5.01 Å². The fourth-order valence-electron chi connectivity index (χ4n) is 2.21. The van der Waals surface area contributed by atoms with Gasteiger partial charge in [-0.1, -0.05) is 6.07 Å². The van der Waals surface area contributed by atoms with Gasteiger partial charge in [0.25, 0.3) is 5.91 Å². The molecule has 0 saturated heterocycles. The lowest BCUT2D eigenvalue weighted by Gasteiger charge is -2.11. The average molecular weight is 310 g/mol. The zero-order chi connectivity index (χ0) is 15.7. The third-order valence-electron chi connectivity index (χ3n) is 3.41. The zero-order valence-corrected chi connectivity index (χ0v) is 13.1. The van der Waals surface area contributed by atoms with Crippen LogP contribution in [-0.4, -0.2) is 17.4 Å². The first-order valence-corrected chi connectivity index (χ1v) is 7.70.